The van der Waals surface area contributed by atoms with Gasteiger partial charge in [0.1, 0.15) is 0 Å². The zero-order chi connectivity index (χ0) is 13.5. The SMILES string of the molecule is CC1Sc2ccc(C(N)C(C)(C)O)cc2NC1=O. The van der Waals surface area contributed by atoms with Crippen LogP contribution in [0.15, 0.2) is 23.1 Å². The fourth-order valence-electron chi connectivity index (χ4n) is 1.83. The molecule has 5 heteroatoms. The Labute approximate surface area is 111 Å². The average molecular weight is 266 g/mol. The molecule has 1 aromatic rings. The van der Waals surface area contributed by atoms with Crippen molar-refractivity contribution in [3.8, 4) is 0 Å². The van der Waals surface area contributed by atoms with Gasteiger partial charge in [-0.2, -0.15) is 0 Å². The molecule has 0 saturated carbocycles. The van der Waals surface area contributed by atoms with Crippen LogP contribution < -0.4 is 11.1 Å². The number of hydrogen-bond donors (Lipinski definition) is 3. The van der Waals surface area contributed by atoms with Gasteiger partial charge in [-0.3, -0.25) is 4.79 Å². The van der Waals surface area contributed by atoms with Gasteiger partial charge in [-0.1, -0.05) is 6.07 Å². The summed E-state index contributed by atoms with van der Waals surface area (Å²) in [5.74, 6) is 0.00137. The number of rotatable bonds is 2. The molecule has 1 amide bonds. The summed E-state index contributed by atoms with van der Waals surface area (Å²) >= 11 is 1.53. The Morgan fingerprint density at radius 3 is 2.78 bits per heavy atom. The van der Waals surface area contributed by atoms with E-state index in [0.717, 1.165) is 16.1 Å². The van der Waals surface area contributed by atoms with E-state index in [4.69, 9.17) is 5.73 Å². The molecular formula is C13H18N2O2S. The van der Waals surface area contributed by atoms with Crippen LogP contribution in [0.25, 0.3) is 0 Å². The summed E-state index contributed by atoms with van der Waals surface area (Å²) in [6.07, 6.45) is 0. The van der Waals surface area contributed by atoms with E-state index >= 15 is 0 Å². The van der Waals surface area contributed by atoms with Crippen molar-refractivity contribution in [2.45, 2.75) is 42.6 Å². The van der Waals surface area contributed by atoms with E-state index in [1.807, 2.05) is 25.1 Å². The van der Waals surface area contributed by atoms with Gasteiger partial charge in [-0.05, 0) is 38.5 Å². The molecule has 4 nitrogen and oxygen atoms in total. The van der Waals surface area contributed by atoms with Gasteiger partial charge >= 0.3 is 0 Å². The predicted octanol–water partition coefficient (Wildman–Crippen LogP) is 1.89. The molecule has 1 heterocycles. The van der Waals surface area contributed by atoms with Crippen LogP contribution in [-0.4, -0.2) is 21.9 Å². The standard InChI is InChI=1S/C13H18N2O2S/c1-7-12(16)15-9-6-8(4-5-10(9)18-7)11(14)13(2,3)17/h4-7,11,17H,14H2,1-3H3,(H,15,16). The van der Waals surface area contributed by atoms with E-state index < -0.39 is 11.6 Å². The Kier molecular flexibility index (Phi) is 3.40. The van der Waals surface area contributed by atoms with Gasteiger partial charge in [0.2, 0.25) is 5.91 Å². The van der Waals surface area contributed by atoms with E-state index in [1.54, 1.807) is 13.8 Å². The zero-order valence-electron chi connectivity index (χ0n) is 10.7. The van der Waals surface area contributed by atoms with E-state index in [9.17, 15) is 9.90 Å². The molecule has 0 spiro atoms. The van der Waals surface area contributed by atoms with Crippen LogP contribution in [0.1, 0.15) is 32.4 Å². The predicted molar refractivity (Wildman–Crippen MR) is 73.6 cm³/mol. The fraction of sp³-hybridized carbons (Fsp3) is 0.462. The Morgan fingerprint density at radius 2 is 2.17 bits per heavy atom. The van der Waals surface area contributed by atoms with Crippen LogP contribution in [0.2, 0.25) is 0 Å². The Morgan fingerprint density at radius 1 is 1.50 bits per heavy atom. The summed E-state index contributed by atoms with van der Waals surface area (Å²) in [5.41, 5.74) is 6.60. The first-order valence-corrected chi connectivity index (χ1v) is 6.76. The number of carbonyl (C=O) groups is 1. The maximum atomic E-state index is 11.6. The molecule has 0 fully saturated rings. The second kappa shape index (κ2) is 4.57. The molecule has 0 aliphatic carbocycles. The van der Waals surface area contributed by atoms with Gasteiger partial charge in [0.15, 0.2) is 0 Å². The Balaban J connectivity index is 2.34. The van der Waals surface area contributed by atoms with Gasteiger partial charge in [0, 0.05) is 4.90 Å². The fourth-order valence-corrected chi connectivity index (χ4v) is 2.76. The highest BCUT2D eigenvalue weighted by molar-refractivity contribution is 8.00. The number of nitrogens with one attached hydrogen (secondary N) is 1. The van der Waals surface area contributed by atoms with Gasteiger partial charge in [-0.15, -0.1) is 11.8 Å². The van der Waals surface area contributed by atoms with E-state index in [2.05, 4.69) is 5.32 Å². The second-order valence-electron chi connectivity index (χ2n) is 5.14. The van der Waals surface area contributed by atoms with Crippen LogP contribution >= 0.6 is 11.8 Å². The Bertz CT molecular complexity index is 482. The van der Waals surface area contributed by atoms with Crippen LogP contribution in [0, 0.1) is 0 Å². The summed E-state index contributed by atoms with van der Waals surface area (Å²) in [5, 5.41) is 12.7. The van der Waals surface area contributed by atoms with Crippen molar-refractivity contribution < 1.29 is 9.90 Å². The normalized spacial score (nSPS) is 21.2. The minimum atomic E-state index is -0.993. The number of nitrogens with two attached hydrogens (primary N) is 1. The number of amides is 1. The third-order valence-electron chi connectivity index (χ3n) is 3.05. The molecule has 0 radical (unpaired) electrons. The highest BCUT2D eigenvalue weighted by atomic mass is 32.2. The van der Waals surface area contributed by atoms with Crippen LogP contribution in [0.5, 0.6) is 0 Å². The van der Waals surface area contributed by atoms with Crippen LogP contribution in [-0.2, 0) is 4.79 Å². The molecule has 1 aliphatic heterocycles. The van der Waals surface area contributed by atoms with E-state index in [-0.39, 0.29) is 11.2 Å². The molecule has 2 atom stereocenters. The first kappa shape index (κ1) is 13.4. The molecule has 1 aliphatic rings. The molecule has 2 rings (SSSR count). The molecule has 1 aromatic carbocycles. The minimum Gasteiger partial charge on any atom is -0.388 e. The quantitative estimate of drug-likeness (QED) is 0.764. The lowest BCUT2D eigenvalue weighted by Crippen LogP contribution is -2.35. The maximum Gasteiger partial charge on any atom is 0.237 e. The summed E-state index contributed by atoms with van der Waals surface area (Å²) < 4.78 is 0. The summed E-state index contributed by atoms with van der Waals surface area (Å²) in [6, 6.07) is 5.20. The van der Waals surface area contributed by atoms with Crippen molar-refractivity contribution in [1.82, 2.24) is 0 Å². The molecule has 18 heavy (non-hydrogen) atoms. The lowest BCUT2D eigenvalue weighted by Gasteiger charge is -2.28. The lowest BCUT2D eigenvalue weighted by atomic mass is 9.92. The van der Waals surface area contributed by atoms with Gasteiger partial charge in [0.05, 0.1) is 22.6 Å². The monoisotopic (exact) mass is 266 g/mol. The third kappa shape index (κ3) is 2.53. The van der Waals surface area contributed by atoms with Crippen molar-refractivity contribution >= 4 is 23.4 Å². The molecule has 0 bridgehead atoms. The van der Waals surface area contributed by atoms with Gasteiger partial charge < -0.3 is 16.2 Å². The van der Waals surface area contributed by atoms with Crippen molar-refractivity contribution in [2.75, 3.05) is 5.32 Å². The summed E-state index contributed by atoms with van der Waals surface area (Å²) in [4.78, 5) is 12.7. The second-order valence-corrected chi connectivity index (χ2v) is 6.52. The largest absolute Gasteiger partial charge is 0.388 e. The molecule has 4 N–H and O–H groups in total. The van der Waals surface area contributed by atoms with Gasteiger partial charge in [-0.25, -0.2) is 0 Å². The Hall–Kier alpha value is -1.04. The van der Waals surface area contributed by atoms with Crippen LogP contribution in [0.3, 0.4) is 0 Å². The number of carbonyl (C=O) groups excluding carboxylic acids is 1. The summed E-state index contributed by atoms with van der Waals surface area (Å²) in [6.45, 7) is 5.22. The lowest BCUT2D eigenvalue weighted by molar-refractivity contribution is -0.115. The minimum absolute atomic E-state index is 0.00137. The van der Waals surface area contributed by atoms with Crippen LogP contribution in [0.4, 0.5) is 5.69 Å². The average Bonchev–Trinajstić information content (AvgIpc) is 2.28. The number of benzene rings is 1. The van der Waals surface area contributed by atoms with Crippen molar-refractivity contribution in [3.63, 3.8) is 0 Å². The van der Waals surface area contributed by atoms with Crippen molar-refractivity contribution in [3.05, 3.63) is 23.8 Å². The maximum absolute atomic E-state index is 11.6. The number of anilines is 1. The third-order valence-corrected chi connectivity index (χ3v) is 4.23. The molecule has 0 saturated heterocycles. The molecule has 2 unspecified atom stereocenters. The highest BCUT2D eigenvalue weighted by Crippen LogP contribution is 2.37. The number of aliphatic hydroxyl groups is 1. The summed E-state index contributed by atoms with van der Waals surface area (Å²) in [7, 11) is 0. The first-order chi connectivity index (χ1) is 8.29. The van der Waals surface area contributed by atoms with E-state index in [1.165, 1.54) is 11.8 Å². The van der Waals surface area contributed by atoms with Gasteiger partial charge in [0.25, 0.3) is 0 Å². The topological polar surface area (TPSA) is 75.3 Å². The smallest absolute Gasteiger partial charge is 0.237 e. The molecule has 0 aromatic heterocycles. The van der Waals surface area contributed by atoms with Crippen molar-refractivity contribution in [2.24, 2.45) is 5.73 Å². The number of hydrogen-bond acceptors (Lipinski definition) is 4. The zero-order valence-corrected chi connectivity index (χ0v) is 11.5. The number of thioether (sulfide) groups is 1. The highest BCUT2D eigenvalue weighted by Gasteiger charge is 2.27. The molecule has 98 valence electrons. The first-order valence-electron chi connectivity index (χ1n) is 5.88. The van der Waals surface area contributed by atoms with E-state index in [0.29, 0.717) is 0 Å². The van der Waals surface area contributed by atoms with Crippen molar-refractivity contribution in [1.29, 1.82) is 0 Å². The molecular weight excluding hydrogens is 248 g/mol. The number of fused-ring (bicyclic) bond motifs is 1.